The molecule has 0 amide bonds. The zero-order valence-electron chi connectivity index (χ0n) is 18.8. The van der Waals surface area contributed by atoms with Crippen molar-refractivity contribution in [2.75, 3.05) is 23.9 Å². The molecule has 0 radical (unpaired) electrons. The van der Waals surface area contributed by atoms with E-state index in [0.29, 0.717) is 0 Å². The number of hydrogen-bond acceptors (Lipinski definition) is 5. The van der Waals surface area contributed by atoms with E-state index in [4.69, 9.17) is 4.18 Å². The molecular formula is C27H26N2O3S. The number of nitrogens with zero attached hydrogens (tertiary/aromatic N) is 2. The van der Waals surface area contributed by atoms with Crippen LogP contribution in [-0.2, 0) is 10.1 Å². The minimum Gasteiger partial charge on any atom is -0.379 e. The minimum absolute atomic E-state index is 0.134. The summed E-state index contributed by atoms with van der Waals surface area (Å²) < 4.78 is 30.3. The summed E-state index contributed by atoms with van der Waals surface area (Å²) in [5.41, 5.74) is 5.12. The number of rotatable bonds is 7. The molecule has 33 heavy (non-hydrogen) atoms. The summed E-state index contributed by atoms with van der Waals surface area (Å²) in [4.78, 5) is 4.30. The highest BCUT2D eigenvalue weighted by molar-refractivity contribution is 7.87. The van der Waals surface area contributed by atoms with Crippen molar-refractivity contribution >= 4 is 32.9 Å². The fourth-order valence-electron chi connectivity index (χ4n) is 3.45. The molecule has 0 atom stereocenters. The van der Waals surface area contributed by atoms with Crippen LogP contribution in [0.2, 0.25) is 0 Å². The molecule has 0 aliphatic rings. The van der Waals surface area contributed by atoms with Gasteiger partial charge in [-0.25, -0.2) is 0 Å². The van der Waals surface area contributed by atoms with Crippen molar-refractivity contribution in [1.82, 2.24) is 0 Å². The first-order chi connectivity index (χ1) is 15.8. The van der Waals surface area contributed by atoms with E-state index in [1.54, 1.807) is 36.4 Å². The number of para-hydroxylation sites is 1. The lowest BCUT2D eigenvalue weighted by Crippen LogP contribution is -2.12. The number of anilines is 4. The maximum atomic E-state index is 12.5. The Hall–Kier alpha value is -3.77. The number of hydrogen-bond donors (Lipinski definition) is 0. The molecule has 5 nitrogen and oxygen atoms in total. The number of aryl methyl sites for hydroxylation is 1. The van der Waals surface area contributed by atoms with E-state index in [0.717, 1.165) is 28.3 Å². The van der Waals surface area contributed by atoms with E-state index >= 15 is 0 Å². The molecule has 0 unspecified atom stereocenters. The summed E-state index contributed by atoms with van der Waals surface area (Å²) in [5.74, 6) is 0.271. The molecule has 0 saturated carbocycles. The van der Waals surface area contributed by atoms with Gasteiger partial charge in [0.2, 0.25) is 0 Å². The van der Waals surface area contributed by atoms with Gasteiger partial charge in [-0.1, -0.05) is 35.9 Å². The Morgan fingerprint density at radius 1 is 0.576 bits per heavy atom. The Morgan fingerprint density at radius 2 is 1.00 bits per heavy atom. The summed E-state index contributed by atoms with van der Waals surface area (Å²) in [7, 11) is 0.137. The van der Waals surface area contributed by atoms with E-state index in [2.05, 4.69) is 41.3 Å². The van der Waals surface area contributed by atoms with Crippen molar-refractivity contribution in [1.29, 1.82) is 0 Å². The van der Waals surface area contributed by atoms with Crippen LogP contribution >= 0.6 is 0 Å². The summed E-state index contributed by atoms with van der Waals surface area (Å²) in [5, 5.41) is 0. The first-order valence-corrected chi connectivity index (χ1v) is 12.0. The molecule has 0 saturated heterocycles. The summed E-state index contributed by atoms with van der Waals surface area (Å²) in [6, 6.07) is 32.0. The molecule has 0 fully saturated rings. The van der Waals surface area contributed by atoms with Gasteiger partial charge in [0.1, 0.15) is 10.6 Å². The Balaban J connectivity index is 1.46. The fraction of sp³-hybridized carbons (Fsp3) is 0.111. The lowest BCUT2D eigenvalue weighted by Gasteiger charge is -2.23. The van der Waals surface area contributed by atoms with Crippen molar-refractivity contribution in [3.05, 3.63) is 109 Å². The maximum absolute atomic E-state index is 12.5. The molecule has 6 heteroatoms. The number of benzene rings is 4. The third-order valence-electron chi connectivity index (χ3n) is 5.51. The third kappa shape index (κ3) is 5.18. The average molecular weight is 459 g/mol. The predicted molar refractivity (Wildman–Crippen MR) is 134 cm³/mol. The predicted octanol–water partition coefficient (Wildman–Crippen LogP) is 6.30. The van der Waals surface area contributed by atoms with Gasteiger partial charge in [-0.15, -0.1) is 0 Å². The quantitative estimate of drug-likeness (QED) is 0.304. The van der Waals surface area contributed by atoms with Gasteiger partial charge >= 0.3 is 10.1 Å². The maximum Gasteiger partial charge on any atom is 0.339 e. The highest BCUT2D eigenvalue weighted by atomic mass is 32.2. The molecule has 0 aliphatic carbocycles. The van der Waals surface area contributed by atoms with Crippen molar-refractivity contribution in [3.63, 3.8) is 0 Å². The summed E-state index contributed by atoms with van der Waals surface area (Å²) >= 11 is 0. The monoisotopic (exact) mass is 458 g/mol. The second kappa shape index (κ2) is 9.38. The van der Waals surface area contributed by atoms with Crippen LogP contribution in [0.5, 0.6) is 5.75 Å². The van der Waals surface area contributed by atoms with Crippen LogP contribution in [0.15, 0.2) is 108 Å². The molecule has 0 aromatic heterocycles. The minimum atomic E-state index is -3.87. The SMILES string of the molecule is Cc1ccc(S(=O)(=O)Oc2ccc(N(C)c3ccc(N(C)c4ccccc4)cc3)cc2)cc1. The molecule has 0 bridgehead atoms. The second-order valence-corrected chi connectivity index (χ2v) is 9.36. The Labute approximate surface area is 195 Å². The first-order valence-electron chi connectivity index (χ1n) is 10.6. The molecule has 0 spiro atoms. The van der Waals surface area contributed by atoms with Crippen molar-refractivity contribution < 1.29 is 12.6 Å². The second-order valence-electron chi connectivity index (χ2n) is 7.81. The topological polar surface area (TPSA) is 49.9 Å². The molecule has 0 heterocycles. The zero-order chi connectivity index (χ0) is 23.4. The van der Waals surface area contributed by atoms with E-state index in [-0.39, 0.29) is 10.6 Å². The molecule has 0 N–H and O–H groups in total. The van der Waals surface area contributed by atoms with E-state index in [1.807, 2.05) is 56.3 Å². The van der Waals surface area contributed by atoms with Crippen molar-refractivity contribution in [3.8, 4) is 5.75 Å². The van der Waals surface area contributed by atoms with Gasteiger partial charge in [-0.2, -0.15) is 8.42 Å². The standard InChI is InChI=1S/C27H26N2O3S/c1-21-9-19-27(20-10-21)33(30,31)32-26-17-15-25(16-18-26)29(3)24-13-11-23(12-14-24)28(2)22-7-5-4-6-8-22/h4-20H,1-3H3. The van der Waals surface area contributed by atoms with Crippen LogP contribution in [0.1, 0.15) is 5.56 Å². The largest absolute Gasteiger partial charge is 0.379 e. The van der Waals surface area contributed by atoms with Gasteiger partial charge in [-0.05, 0) is 79.7 Å². The fourth-order valence-corrected chi connectivity index (χ4v) is 4.38. The molecule has 4 aromatic carbocycles. The molecule has 4 aromatic rings. The van der Waals surface area contributed by atoms with Crippen LogP contribution < -0.4 is 14.0 Å². The van der Waals surface area contributed by atoms with Crippen molar-refractivity contribution in [2.24, 2.45) is 0 Å². The van der Waals surface area contributed by atoms with Crippen LogP contribution in [0.4, 0.5) is 22.7 Å². The summed E-state index contributed by atoms with van der Waals surface area (Å²) in [6.45, 7) is 1.90. The van der Waals surface area contributed by atoms with Gasteiger partial charge in [-0.3, -0.25) is 0 Å². The van der Waals surface area contributed by atoms with Crippen LogP contribution in [0.25, 0.3) is 0 Å². The Morgan fingerprint density at radius 3 is 1.48 bits per heavy atom. The highest BCUT2D eigenvalue weighted by Crippen LogP contribution is 2.30. The smallest absolute Gasteiger partial charge is 0.339 e. The Kier molecular flexibility index (Phi) is 6.38. The van der Waals surface area contributed by atoms with Crippen molar-refractivity contribution in [2.45, 2.75) is 11.8 Å². The third-order valence-corrected chi connectivity index (χ3v) is 6.77. The van der Waals surface area contributed by atoms with E-state index in [9.17, 15) is 8.42 Å². The van der Waals surface area contributed by atoms with Crippen LogP contribution in [0, 0.1) is 6.92 Å². The van der Waals surface area contributed by atoms with E-state index < -0.39 is 10.1 Å². The van der Waals surface area contributed by atoms with Crippen LogP contribution in [-0.4, -0.2) is 22.5 Å². The highest BCUT2D eigenvalue weighted by Gasteiger charge is 2.16. The molecular weight excluding hydrogens is 432 g/mol. The lowest BCUT2D eigenvalue weighted by molar-refractivity contribution is 0.486. The summed E-state index contributed by atoms with van der Waals surface area (Å²) in [6.07, 6.45) is 0. The zero-order valence-corrected chi connectivity index (χ0v) is 19.7. The van der Waals surface area contributed by atoms with Gasteiger partial charge in [0.05, 0.1) is 0 Å². The van der Waals surface area contributed by atoms with E-state index in [1.165, 1.54) is 0 Å². The lowest BCUT2D eigenvalue weighted by atomic mass is 10.2. The first kappa shape index (κ1) is 22.4. The van der Waals surface area contributed by atoms with Gasteiger partial charge in [0, 0.05) is 36.8 Å². The van der Waals surface area contributed by atoms with Crippen LogP contribution in [0.3, 0.4) is 0 Å². The molecule has 168 valence electrons. The van der Waals surface area contributed by atoms with Gasteiger partial charge in [0.15, 0.2) is 0 Å². The normalized spacial score (nSPS) is 11.1. The average Bonchev–Trinajstić information content (AvgIpc) is 2.84. The Bertz CT molecular complexity index is 1300. The molecule has 0 aliphatic heterocycles. The van der Waals surface area contributed by atoms with Gasteiger partial charge in [0.25, 0.3) is 0 Å². The molecule has 4 rings (SSSR count). The van der Waals surface area contributed by atoms with Gasteiger partial charge < -0.3 is 14.0 Å².